The maximum atomic E-state index is 13.1. The van der Waals surface area contributed by atoms with Gasteiger partial charge in [-0.05, 0) is 25.3 Å². The number of benzene rings is 1. The SMILES string of the molecule is COc1cnc2[nH]cc(NC(=O)c3cnn(Cc4cccc(C)c4)c3)c2c1N1CCC[C@@H](N)C1. The lowest BCUT2D eigenvalue weighted by atomic mass is 10.0. The molecule has 0 bridgehead atoms. The standard InChI is InChI=1S/C25H29N7O2/c1-16-5-3-6-17(9-16)13-32-14-18(10-29-32)25(33)30-20-11-27-24-22(20)23(21(34-2)12-28-24)31-8-4-7-19(26)15-31/h3,5-6,9-12,14,19H,4,7-8,13,15,26H2,1-2H3,(H,27,28)(H,30,33)/t19-/m1/s1. The van der Waals surface area contributed by atoms with Gasteiger partial charge in [-0.3, -0.25) is 9.48 Å². The van der Waals surface area contributed by atoms with Crippen LogP contribution < -0.4 is 20.7 Å². The second-order valence-electron chi connectivity index (χ2n) is 8.82. The molecule has 34 heavy (non-hydrogen) atoms. The second kappa shape index (κ2) is 9.18. The third-order valence-corrected chi connectivity index (χ3v) is 6.21. The van der Waals surface area contributed by atoms with Crippen LogP contribution in [0.3, 0.4) is 0 Å². The summed E-state index contributed by atoms with van der Waals surface area (Å²) in [5.41, 5.74) is 11.3. The first kappa shape index (κ1) is 22.0. The number of carbonyl (C=O) groups excluding carboxylic acids is 1. The summed E-state index contributed by atoms with van der Waals surface area (Å²) in [7, 11) is 1.63. The minimum Gasteiger partial charge on any atom is -0.493 e. The topological polar surface area (TPSA) is 114 Å². The lowest BCUT2D eigenvalue weighted by Gasteiger charge is -2.34. The van der Waals surface area contributed by atoms with Crippen LogP contribution in [0, 0.1) is 6.92 Å². The normalized spacial score (nSPS) is 16.1. The van der Waals surface area contributed by atoms with Gasteiger partial charge in [-0.15, -0.1) is 0 Å². The molecule has 4 heterocycles. The van der Waals surface area contributed by atoms with Crippen LogP contribution in [0.25, 0.3) is 11.0 Å². The van der Waals surface area contributed by atoms with Gasteiger partial charge in [0.25, 0.3) is 5.91 Å². The fourth-order valence-electron chi connectivity index (χ4n) is 4.60. The summed E-state index contributed by atoms with van der Waals surface area (Å²) in [5.74, 6) is 0.420. The highest BCUT2D eigenvalue weighted by Crippen LogP contribution is 2.40. The number of aromatic amines is 1. The van der Waals surface area contributed by atoms with E-state index in [9.17, 15) is 4.79 Å². The van der Waals surface area contributed by atoms with E-state index in [4.69, 9.17) is 10.5 Å². The second-order valence-corrected chi connectivity index (χ2v) is 8.82. The molecule has 0 aliphatic carbocycles. The van der Waals surface area contributed by atoms with Gasteiger partial charge in [0.05, 0.1) is 48.4 Å². The summed E-state index contributed by atoms with van der Waals surface area (Å²) in [4.78, 5) is 23.0. The molecule has 4 N–H and O–H groups in total. The van der Waals surface area contributed by atoms with E-state index in [1.165, 1.54) is 5.56 Å². The Morgan fingerprint density at radius 1 is 1.35 bits per heavy atom. The van der Waals surface area contributed by atoms with E-state index in [1.54, 1.807) is 36.6 Å². The number of hydrogen-bond donors (Lipinski definition) is 3. The lowest BCUT2D eigenvalue weighted by Crippen LogP contribution is -2.43. The summed E-state index contributed by atoms with van der Waals surface area (Å²) in [6, 6.07) is 8.34. The summed E-state index contributed by atoms with van der Waals surface area (Å²) in [5, 5.41) is 8.22. The fraction of sp³-hybridized carbons (Fsp3) is 0.320. The summed E-state index contributed by atoms with van der Waals surface area (Å²) >= 11 is 0. The predicted octanol–water partition coefficient (Wildman–Crippen LogP) is 3.30. The number of methoxy groups -OCH3 is 1. The van der Waals surface area contributed by atoms with Crippen molar-refractivity contribution < 1.29 is 9.53 Å². The average Bonchev–Trinajstić information content (AvgIpc) is 3.46. The van der Waals surface area contributed by atoms with Crippen LogP contribution in [0.4, 0.5) is 11.4 Å². The highest BCUT2D eigenvalue weighted by molar-refractivity contribution is 6.12. The van der Waals surface area contributed by atoms with Crippen molar-refractivity contribution in [1.82, 2.24) is 19.7 Å². The number of ether oxygens (including phenoxy) is 1. The number of nitrogens with one attached hydrogen (secondary N) is 2. The van der Waals surface area contributed by atoms with Gasteiger partial charge in [0, 0.05) is 31.5 Å². The van der Waals surface area contributed by atoms with Crippen molar-refractivity contribution in [2.24, 2.45) is 5.73 Å². The number of fused-ring (bicyclic) bond motifs is 1. The van der Waals surface area contributed by atoms with Crippen molar-refractivity contribution in [3.8, 4) is 5.75 Å². The number of anilines is 2. The predicted molar refractivity (Wildman–Crippen MR) is 133 cm³/mol. The van der Waals surface area contributed by atoms with Crippen LogP contribution in [0.1, 0.15) is 34.3 Å². The highest BCUT2D eigenvalue weighted by Gasteiger charge is 2.25. The van der Waals surface area contributed by atoms with Crippen LogP contribution in [0.15, 0.2) is 49.1 Å². The summed E-state index contributed by atoms with van der Waals surface area (Å²) in [6.45, 7) is 4.25. The van der Waals surface area contributed by atoms with E-state index in [1.807, 2.05) is 6.07 Å². The Bertz CT molecular complexity index is 1330. The first-order chi connectivity index (χ1) is 16.5. The number of hydrogen-bond acceptors (Lipinski definition) is 6. The van der Waals surface area contributed by atoms with Gasteiger partial charge < -0.3 is 25.7 Å². The van der Waals surface area contributed by atoms with Gasteiger partial charge in [-0.25, -0.2) is 4.98 Å². The molecule has 3 aromatic heterocycles. The molecule has 9 nitrogen and oxygen atoms in total. The number of pyridine rings is 1. The van der Waals surface area contributed by atoms with Crippen molar-refractivity contribution in [2.75, 3.05) is 30.4 Å². The van der Waals surface area contributed by atoms with Crippen LogP contribution in [0.5, 0.6) is 5.75 Å². The fourth-order valence-corrected chi connectivity index (χ4v) is 4.60. The Balaban J connectivity index is 1.42. The van der Waals surface area contributed by atoms with Crippen molar-refractivity contribution in [3.05, 3.63) is 65.7 Å². The van der Waals surface area contributed by atoms with Crippen LogP contribution in [-0.4, -0.2) is 51.9 Å². The van der Waals surface area contributed by atoms with Crippen LogP contribution >= 0.6 is 0 Å². The van der Waals surface area contributed by atoms with Gasteiger partial charge >= 0.3 is 0 Å². The Hall–Kier alpha value is -3.85. The number of piperidine rings is 1. The molecular formula is C25H29N7O2. The molecule has 9 heteroatoms. The molecule has 0 spiro atoms. The maximum absolute atomic E-state index is 13.1. The van der Waals surface area contributed by atoms with Crippen molar-refractivity contribution in [2.45, 2.75) is 32.4 Å². The third-order valence-electron chi connectivity index (χ3n) is 6.21. The largest absolute Gasteiger partial charge is 0.493 e. The third kappa shape index (κ3) is 4.34. The number of carbonyl (C=O) groups is 1. The first-order valence-electron chi connectivity index (χ1n) is 11.5. The van der Waals surface area contributed by atoms with E-state index in [-0.39, 0.29) is 11.9 Å². The van der Waals surface area contributed by atoms with E-state index in [0.29, 0.717) is 29.2 Å². The monoisotopic (exact) mass is 459 g/mol. The zero-order valence-corrected chi connectivity index (χ0v) is 19.4. The molecule has 176 valence electrons. The zero-order chi connectivity index (χ0) is 23.7. The number of aryl methyl sites for hydroxylation is 1. The lowest BCUT2D eigenvalue weighted by molar-refractivity contribution is 0.102. The molecular weight excluding hydrogens is 430 g/mol. The Morgan fingerprint density at radius 3 is 3.03 bits per heavy atom. The van der Waals surface area contributed by atoms with Crippen molar-refractivity contribution in [3.63, 3.8) is 0 Å². The minimum absolute atomic E-state index is 0.0953. The number of aromatic nitrogens is 4. The van der Waals surface area contributed by atoms with Gasteiger partial charge in [-0.1, -0.05) is 29.8 Å². The quantitative estimate of drug-likeness (QED) is 0.408. The number of nitrogens with zero attached hydrogens (tertiary/aromatic N) is 4. The molecule has 1 saturated heterocycles. The number of rotatable bonds is 6. The molecule has 0 saturated carbocycles. The minimum atomic E-state index is -0.236. The Morgan fingerprint density at radius 2 is 2.24 bits per heavy atom. The molecule has 4 aromatic rings. The smallest absolute Gasteiger partial charge is 0.258 e. The van der Waals surface area contributed by atoms with Gasteiger partial charge in [0.1, 0.15) is 5.65 Å². The van der Waals surface area contributed by atoms with E-state index < -0.39 is 0 Å². The van der Waals surface area contributed by atoms with E-state index in [0.717, 1.165) is 42.6 Å². The Labute approximate surface area is 197 Å². The van der Waals surface area contributed by atoms with Crippen molar-refractivity contribution in [1.29, 1.82) is 0 Å². The van der Waals surface area contributed by atoms with Gasteiger partial charge in [0.15, 0.2) is 5.75 Å². The zero-order valence-electron chi connectivity index (χ0n) is 19.4. The van der Waals surface area contributed by atoms with Crippen LogP contribution in [-0.2, 0) is 6.54 Å². The molecule has 0 unspecified atom stereocenters. The molecule has 0 radical (unpaired) electrons. The molecule has 1 amide bonds. The van der Waals surface area contributed by atoms with Gasteiger partial charge in [-0.2, -0.15) is 5.10 Å². The van der Waals surface area contributed by atoms with Crippen molar-refractivity contribution >= 4 is 28.3 Å². The molecule has 1 aliphatic rings. The average molecular weight is 460 g/mol. The van der Waals surface area contributed by atoms with Gasteiger partial charge in [0.2, 0.25) is 0 Å². The number of H-pyrrole nitrogens is 1. The first-order valence-corrected chi connectivity index (χ1v) is 11.5. The molecule has 1 aromatic carbocycles. The Kier molecular flexibility index (Phi) is 5.93. The molecule has 1 fully saturated rings. The highest BCUT2D eigenvalue weighted by atomic mass is 16.5. The van der Waals surface area contributed by atoms with E-state index in [2.05, 4.69) is 50.4 Å². The molecule has 5 rings (SSSR count). The number of nitrogens with two attached hydrogens (primary N) is 1. The molecule has 1 atom stereocenters. The summed E-state index contributed by atoms with van der Waals surface area (Å²) in [6.07, 6.45) is 8.81. The van der Waals surface area contributed by atoms with Crippen LogP contribution in [0.2, 0.25) is 0 Å². The number of amides is 1. The van der Waals surface area contributed by atoms with E-state index >= 15 is 0 Å². The molecule has 1 aliphatic heterocycles. The maximum Gasteiger partial charge on any atom is 0.258 e. The summed E-state index contributed by atoms with van der Waals surface area (Å²) < 4.78 is 7.41.